The van der Waals surface area contributed by atoms with Gasteiger partial charge in [0.25, 0.3) is 12.1 Å². The van der Waals surface area contributed by atoms with Gasteiger partial charge in [0.05, 0.1) is 26.4 Å². The summed E-state index contributed by atoms with van der Waals surface area (Å²) in [4.78, 5) is 50.8. The fourth-order valence-corrected chi connectivity index (χ4v) is 12.8. The fraction of sp³-hybridized carbons (Fsp3) is 0.583. The van der Waals surface area contributed by atoms with Crippen LogP contribution >= 0.6 is 15.5 Å². The number of para-hydroxylation sites is 2. The molecule has 2 aromatic carbocycles. The molecule has 86 heavy (non-hydrogen) atoms. The first-order chi connectivity index (χ1) is 39.9. The number of hydrogen-bond donors (Lipinski definition) is 4. The van der Waals surface area contributed by atoms with Crippen molar-refractivity contribution in [3.8, 4) is 11.5 Å². The molecule has 6 unspecified atom stereocenters. The molecule has 8 rings (SSSR count). The van der Waals surface area contributed by atoms with Crippen molar-refractivity contribution in [2.45, 2.75) is 189 Å². The first-order valence-electron chi connectivity index (χ1n) is 28.5. The molecule has 0 aliphatic carbocycles. The molecule has 0 bridgehead atoms. The number of carbonyl (C=O) groups is 4. The molecular weight excluding hydrogens is 1150 g/mol. The maximum Gasteiger partial charge on any atom is 0.459 e. The lowest BCUT2D eigenvalue weighted by Gasteiger charge is -2.31. The van der Waals surface area contributed by atoms with Gasteiger partial charge in [0.15, 0.2) is 36.3 Å². The summed E-state index contributed by atoms with van der Waals surface area (Å²) in [7, 11) is -8.28. The molecule has 0 radical (unpaired) electrons. The zero-order valence-corrected chi connectivity index (χ0v) is 51.2. The zero-order valence-electron chi connectivity index (χ0n) is 49.4. The topological polar surface area (TPSA) is 296 Å². The highest BCUT2D eigenvalue weighted by Crippen LogP contribution is 2.49. The summed E-state index contributed by atoms with van der Waals surface area (Å²) in [6, 6.07) is 18.3. The van der Waals surface area contributed by atoms with Crippen LogP contribution in [0.4, 0.5) is 0 Å². The Balaban J connectivity index is 0.000000307. The number of ether oxygens (including phenoxy) is 8. The molecule has 1 aromatic heterocycles. The highest BCUT2D eigenvalue weighted by Gasteiger charge is 2.60. The Kier molecular flexibility index (Phi) is 26.1. The smallest absolute Gasteiger partial charge is 0.459 e. The molecule has 4 fully saturated rings. The van der Waals surface area contributed by atoms with Crippen molar-refractivity contribution >= 4 is 39.2 Å². The zero-order chi connectivity index (χ0) is 61.0. The van der Waals surface area contributed by atoms with Gasteiger partial charge in [0.1, 0.15) is 59.7 Å². The normalized spacial score (nSPS) is 25.3. The van der Waals surface area contributed by atoms with Gasteiger partial charge in [-0.3, -0.25) is 28.2 Å². The molecule has 3 aromatic rings. The molecule has 26 heteroatoms. The number of amides is 2. The van der Waals surface area contributed by atoms with E-state index in [2.05, 4.69) is 10.2 Å². The number of aromatic nitrogens is 1. The summed E-state index contributed by atoms with van der Waals surface area (Å²) >= 11 is 0. The lowest BCUT2D eigenvalue weighted by Crippen LogP contribution is -2.46. The number of pyridine rings is 1. The molecule has 6 heterocycles. The molecule has 0 spiro atoms. The number of esters is 2. The average molecular weight is 1250 g/mol. The summed E-state index contributed by atoms with van der Waals surface area (Å²) in [6.45, 7) is 18.5. The van der Waals surface area contributed by atoms with E-state index < -0.39 is 112 Å². The van der Waals surface area contributed by atoms with Crippen molar-refractivity contribution in [2.75, 3.05) is 26.4 Å². The van der Waals surface area contributed by atoms with E-state index in [4.69, 9.17) is 67.5 Å². The van der Waals surface area contributed by atoms with Crippen LogP contribution in [0, 0.1) is 11.8 Å². The van der Waals surface area contributed by atoms with Crippen LogP contribution in [0.15, 0.2) is 109 Å². The van der Waals surface area contributed by atoms with Crippen LogP contribution in [-0.2, 0) is 70.5 Å². The van der Waals surface area contributed by atoms with Gasteiger partial charge < -0.3 is 63.3 Å². The minimum Gasteiger partial charge on any atom is -0.464 e. The number of nitrogens with two attached hydrogens (primary N) is 2. The van der Waals surface area contributed by atoms with E-state index in [1.54, 1.807) is 148 Å². The third kappa shape index (κ3) is 19.2. The molecule has 24 nitrogen and oxygen atoms in total. The van der Waals surface area contributed by atoms with Crippen LogP contribution in [0.2, 0.25) is 0 Å². The van der Waals surface area contributed by atoms with Gasteiger partial charge in [0.2, 0.25) is 5.91 Å². The Hall–Kier alpha value is -5.59. The van der Waals surface area contributed by atoms with Gasteiger partial charge in [-0.05, 0) is 90.1 Å². The molecule has 0 saturated carbocycles. The first-order valence-corrected chi connectivity index (χ1v) is 31.6. The molecule has 478 valence electrons. The average Bonchev–Trinajstić information content (AvgIpc) is 1.94. The monoisotopic (exact) mass is 1250 g/mol. The predicted molar refractivity (Wildman–Crippen MR) is 318 cm³/mol. The SMILES string of the molecule is C.C.CCC(CC)COC(=O)C(C)NP(=O)(OCC1O[C@@H](N2C=CCC(C(N)=O)=C2)[C@@H]2OC(C)(C)O[C@H]12)Oc1ccccc1.CCC(CC)COC(=O)C(C)NP(=O)(OCC1O[C@@H]([n+]2cccc(C(N)=O)c2)[C@@H]2OC(C)(C)O[C@H]12)Oc1ccccc1. The van der Waals surface area contributed by atoms with E-state index >= 15 is 0 Å². The second kappa shape index (κ2) is 31.5. The number of nitrogens with zero attached hydrogens (tertiary/aromatic N) is 2. The van der Waals surface area contributed by atoms with Gasteiger partial charge in [-0.1, -0.05) is 111 Å². The Morgan fingerprint density at radius 1 is 0.651 bits per heavy atom. The molecule has 5 aliphatic heterocycles. The Morgan fingerprint density at radius 2 is 1.10 bits per heavy atom. The van der Waals surface area contributed by atoms with Crippen molar-refractivity contribution in [2.24, 2.45) is 23.3 Å². The summed E-state index contributed by atoms with van der Waals surface area (Å²) < 4.78 is 101. The van der Waals surface area contributed by atoms with E-state index in [0.29, 0.717) is 17.6 Å². The van der Waals surface area contributed by atoms with Crippen LogP contribution in [0.25, 0.3) is 0 Å². The molecule has 12 atom stereocenters. The number of hydrogen-bond acceptors (Lipinski definition) is 19. The van der Waals surface area contributed by atoms with Gasteiger partial charge >= 0.3 is 27.4 Å². The second-order valence-corrected chi connectivity index (χ2v) is 25.3. The van der Waals surface area contributed by atoms with Crippen LogP contribution in [0.3, 0.4) is 0 Å². The van der Waals surface area contributed by atoms with E-state index in [0.717, 1.165) is 25.7 Å². The quantitative estimate of drug-likeness (QED) is 0.0300. The largest absolute Gasteiger partial charge is 0.464 e. The lowest BCUT2D eigenvalue weighted by atomic mass is 10.1. The van der Waals surface area contributed by atoms with Crippen LogP contribution in [0.1, 0.15) is 133 Å². The highest BCUT2D eigenvalue weighted by atomic mass is 31.2. The molecular formula is C60H91N6O18P2+. The molecule has 6 N–H and O–H groups in total. The Labute approximate surface area is 506 Å². The van der Waals surface area contributed by atoms with Gasteiger partial charge in [-0.2, -0.15) is 14.7 Å². The maximum atomic E-state index is 14.1. The minimum absolute atomic E-state index is 0. The molecule has 5 aliphatic rings. The van der Waals surface area contributed by atoms with E-state index in [1.807, 2.05) is 27.7 Å². The summed E-state index contributed by atoms with van der Waals surface area (Å²) in [5, 5.41) is 5.44. The number of benzene rings is 2. The number of rotatable bonds is 28. The lowest BCUT2D eigenvalue weighted by molar-refractivity contribution is -0.766. The Bertz CT molecular complexity index is 2860. The molecule has 2 amide bonds. The van der Waals surface area contributed by atoms with E-state index in [9.17, 15) is 28.3 Å². The van der Waals surface area contributed by atoms with Crippen molar-refractivity contribution in [1.82, 2.24) is 15.1 Å². The molecule has 4 saturated heterocycles. The van der Waals surface area contributed by atoms with Crippen LogP contribution < -0.4 is 35.3 Å². The summed E-state index contributed by atoms with van der Waals surface area (Å²) in [6.07, 6.45) is 7.31. The third-order valence-corrected chi connectivity index (χ3v) is 17.9. The van der Waals surface area contributed by atoms with Crippen molar-refractivity contribution < 1.29 is 88.9 Å². The number of carbonyl (C=O) groups excluding carboxylic acids is 4. The predicted octanol–water partition coefficient (Wildman–Crippen LogP) is 8.91. The van der Waals surface area contributed by atoms with E-state index in [1.165, 1.54) is 6.92 Å². The Morgan fingerprint density at radius 3 is 1.57 bits per heavy atom. The number of fused-ring (bicyclic) bond motifs is 2. The van der Waals surface area contributed by atoms with E-state index in [-0.39, 0.29) is 64.6 Å². The van der Waals surface area contributed by atoms with Crippen molar-refractivity contribution in [3.63, 3.8) is 0 Å². The van der Waals surface area contributed by atoms with Crippen molar-refractivity contribution in [1.29, 1.82) is 0 Å². The van der Waals surface area contributed by atoms with Crippen molar-refractivity contribution in [3.05, 3.63) is 115 Å². The second-order valence-electron chi connectivity index (χ2n) is 21.9. The maximum absolute atomic E-state index is 14.1. The first kappa shape index (κ1) is 71.2. The number of primary amides is 2. The minimum atomic E-state index is -4.14. The van der Waals surface area contributed by atoms with Gasteiger partial charge in [-0.25, -0.2) is 9.13 Å². The fourth-order valence-electron chi connectivity index (χ4n) is 9.80. The number of nitrogens with one attached hydrogen (secondary N) is 2. The van der Waals surface area contributed by atoms with Gasteiger partial charge in [-0.15, -0.1) is 0 Å². The summed E-state index contributed by atoms with van der Waals surface area (Å²) in [5.74, 6) is -3.03. The summed E-state index contributed by atoms with van der Waals surface area (Å²) in [5.41, 5.74) is 11.7. The van der Waals surface area contributed by atoms with Gasteiger partial charge in [0, 0.05) is 24.0 Å². The van der Waals surface area contributed by atoms with Crippen LogP contribution in [0.5, 0.6) is 11.5 Å². The third-order valence-electron chi connectivity index (χ3n) is 14.6. The van der Waals surface area contributed by atoms with Crippen LogP contribution in [-0.4, -0.2) is 122 Å². The standard InChI is InChI=1S/C29H42N3O9P.C29H40N3O9P.2CH4/c2*1-6-20(7-2)17-36-28(34)19(3)31-42(35,41-22-13-9-8-10-14-22)37-18-23-24-25(40-29(4,5)39-24)27(38-23)32-15-11-12-21(16-32)26(30)33;;/h8-11,13-16,19-20,23-25,27H,6-7,12,17-18H2,1-5H3,(H2,30,33)(H,31,35);8-16,19-20,23-25,27H,6-7,17-18H2,1-5H3,(H2-,30,31,33,35);2*1H4/p+1/t2*19?,23?,24-,25-,27-,42?;;/m11../s1. The highest BCUT2D eigenvalue weighted by molar-refractivity contribution is 7.52. The number of allylic oxidation sites excluding steroid dienone is 1.